The molecule has 4 aromatic rings. The lowest BCUT2D eigenvalue weighted by Crippen LogP contribution is -2.31. The molecule has 2 heterocycles. The van der Waals surface area contributed by atoms with Gasteiger partial charge >= 0.3 is 5.69 Å². The highest BCUT2D eigenvalue weighted by Crippen LogP contribution is 2.34. The normalized spacial score (nSPS) is 14.9. The van der Waals surface area contributed by atoms with Gasteiger partial charge in [-0.3, -0.25) is 4.57 Å². The van der Waals surface area contributed by atoms with Crippen LogP contribution in [0.15, 0.2) is 35.4 Å². The smallest absolute Gasteiger partial charge is 0.334 e. The van der Waals surface area contributed by atoms with Gasteiger partial charge in [0.1, 0.15) is 16.9 Å². The molecular weight excluding hydrogens is 517 g/mol. The first-order valence-electron chi connectivity index (χ1n) is 8.68. The van der Waals surface area contributed by atoms with Gasteiger partial charge < -0.3 is 4.57 Å². The number of fused-ring (bicyclic) bond motifs is 2. The van der Waals surface area contributed by atoms with Crippen LogP contribution in [0.2, 0.25) is 0 Å². The van der Waals surface area contributed by atoms with Crippen LogP contribution < -0.4 is 5.69 Å². The van der Waals surface area contributed by atoms with E-state index in [0.717, 1.165) is 4.57 Å². The highest BCUT2D eigenvalue weighted by molar-refractivity contribution is 14.1. The van der Waals surface area contributed by atoms with E-state index >= 15 is 4.39 Å². The van der Waals surface area contributed by atoms with Gasteiger partial charge in [-0.1, -0.05) is 0 Å². The first-order chi connectivity index (χ1) is 13.7. The van der Waals surface area contributed by atoms with Crippen LogP contribution in [0.1, 0.15) is 12.8 Å². The summed E-state index contributed by atoms with van der Waals surface area (Å²) in [5, 5.41) is -0.703. The summed E-state index contributed by atoms with van der Waals surface area (Å²) < 4.78 is 59.7. The molecule has 29 heavy (non-hydrogen) atoms. The summed E-state index contributed by atoms with van der Waals surface area (Å²) >= 11 is 1.91. The Morgan fingerprint density at radius 1 is 1.17 bits per heavy atom. The summed E-state index contributed by atoms with van der Waals surface area (Å²) in [6.45, 7) is 0. The fourth-order valence-corrected chi connectivity index (χ4v) is 5.70. The van der Waals surface area contributed by atoms with E-state index in [0.29, 0.717) is 25.9 Å². The van der Waals surface area contributed by atoms with Crippen molar-refractivity contribution in [3.8, 4) is 5.69 Å². The van der Waals surface area contributed by atoms with E-state index in [-0.39, 0.29) is 22.2 Å². The standard InChI is InChI=1S/C18H13F2IN4O3S/c1-23-8-22-16-13(23)7-14-17(15(16)20)24(12-5-2-9(21)6-11(12)19)18(26)25(14)29(27,28)10-3-4-10/h2,5-8,10H,3-4H2,1H3. The Kier molecular flexibility index (Phi) is 3.95. The molecule has 0 amide bonds. The number of rotatable bonds is 3. The second-order valence-electron chi connectivity index (χ2n) is 7.00. The summed E-state index contributed by atoms with van der Waals surface area (Å²) in [6.07, 6.45) is 2.24. The third kappa shape index (κ3) is 2.59. The van der Waals surface area contributed by atoms with E-state index in [1.54, 1.807) is 13.1 Å². The number of imidazole rings is 2. The molecule has 0 bridgehead atoms. The van der Waals surface area contributed by atoms with Crippen molar-refractivity contribution < 1.29 is 17.2 Å². The van der Waals surface area contributed by atoms with E-state index < -0.39 is 32.6 Å². The Balaban J connectivity index is 2.01. The van der Waals surface area contributed by atoms with Gasteiger partial charge in [-0.2, -0.15) is 3.97 Å². The van der Waals surface area contributed by atoms with E-state index in [1.165, 1.54) is 29.1 Å². The Morgan fingerprint density at radius 3 is 2.55 bits per heavy atom. The van der Waals surface area contributed by atoms with Crippen LogP contribution in [0.5, 0.6) is 0 Å². The molecule has 1 saturated carbocycles. The summed E-state index contributed by atoms with van der Waals surface area (Å²) in [5.74, 6) is -1.64. The molecule has 1 aliphatic rings. The molecule has 5 rings (SSSR count). The maximum Gasteiger partial charge on any atom is 0.347 e. The fourth-order valence-electron chi connectivity index (χ4n) is 3.51. The zero-order chi connectivity index (χ0) is 20.7. The van der Waals surface area contributed by atoms with Crippen molar-refractivity contribution >= 4 is 54.7 Å². The van der Waals surface area contributed by atoms with Crippen molar-refractivity contribution in [2.45, 2.75) is 18.1 Å². The van der Waals surface area contributed by atoms with Crippen molar-refractivity contribution in [3.63, 3.8) is 0 Å². The summed E-state index contributed by atoms with van der Waals surface area (Å²) in [7, 11) is -2.42. The summed E-state index contributed by atoms with van der Waals surface area (Å²) in [5.41, 5.74) is -1.39. The third-order valence-electron chi connectivity index (χ3n) is 5.07. The van der Waals surface area contributed by atoms with Crippen LogP contribution in [0.4, 0.5) is 8.78 Å². The van der Waals surface area contributed by atoms with E-state index in [4.69, 9.17) is 0 Å². The zero-order valence-corrected chi connectivity index (χ0v) is 17.9. The molecule has 0 atom stereocenters. The lowest BCUT2D eigenvalue weighted by molar-refractivity contribution is 0.583. The maximum absolute atomic E-state index is 15.5. The average Bonchev–Trinajstić information content (AvgIpc) is 3.39. The van der Waals surface area contributed by atoms with Crippen LogP contribution in [-0.4, -0.2) is 31.8 Å². The van der Waals surface area contributed by atoms with Gasteiger partial charge in [0, 0.05) is 10.6 Å². The third-order valence-corrected chi connectivity index (χ3v) is 7.92. The Hall–Kier alpha value is -2.28. The van der Waals surface area contributed by atoms with E-state index in [2.05, 4.69) is 4.98 Å². The van der Waals surface area contributed by atoms with Crippen molar-refractivity contribution in [1.82, 2.24) is 18.1 Å². The quantitative estimate of drug-likeness (QED) is 0.382. The second-order valence-corrected chi connectivity index (χ2v) is 10.3. The molecule has 2 aromatic carbocycles. The maximum atomic E-state index is 15.5. The second kappa shape index (κ2) is 6.11. The molecule has 7 nitrogen and oxygen atoms in total. The van der Waals surface area contributed by atoms with Crippen LogP contribution in [0, 0.1) is 15.2 Å². The number of aromatic nitrogens is 4. The number of benzene rings is 2. The molecule has 150 valence electrons. The lowest BCUT2D eigenvalue weighted by atomic mass is 10.2. The van der Waals surface area contributed by atoms with Crippen molar-refractivity contribution in [1.29, 1.82) is 0 Å². The number of nitrogens with zero attached hydrogens (tertiary/aromatic N) is 4. The van der Waals surface area contributed by atoms with Crippen molar-refractivity contribution in [3.05, 3.63) is 56.3 Å². The largest absolute Gasteiger partial charge is 0.347 e. The van der Waals surface area contributed by atoms with Gasteiger partial charge in [0.25, 0.3) is 0 Å². The average molecular weight is 530 g/mol. The van der Waals surface area contributed by atoms with Gasteiger partial charge in [-0.05, 0) is 59.7 Å². The van der Waals surface area contributed by atoms with Gasteiger partial charge in [-0.25, -0.2) is 27.0 Å². The van der Waals surface area contributed by atoms with Crippen molar-refractivity contribution in [2.24, 2.45) is 7.05 Å². The SMILES string of the molecule is Cn1cnc2c(F)c3c(cc21)n(S(=O)(=O)C1CC1)c(=O)n3-c1ccc(I)cc1F. The topological polar surface area (TPSA) is 78.9 Å². The van der Waals surface area contributed by atoms with Gasteiger partial charge in [-0.15, -0.1) is 0 Å². The molecule has 2 aromatic heterocycles. The van der Waals surface area contributed by atoms with Crippen LogP contribution in [0.3, 0.4) is 0 Å². The lowest BCUT2D eigenvalue weighted by Gasteiger charge is -2.06. The Morgan fingerprint density at radius 2 is 1.90 bits per heavy atom. The zero-order valence-electron chi connectivity index (χ0n) is 14.9. The molecule has 0 saturated heterocycles. The molecule has 0 aliphatic heterocycles. The monoisotopic (exact) mass is 530 g/mol. The Bertz CT molecular complexity index is 1500. The fraction of sp³-hybridized carbons (Fsp3) is 0.222. The predicted octanol–water partition coefficient (Wildman–Crippen LogP) is 2.90. The Labute approximate surface area is 176 Å². The molecule has 0 radical (unpaired) electrons. The molecule has 0 N–H and O–H groups in total. The molecule has 1 aliphatic carbocycles. The van der Waals surface area contributed by atoms with E-state index in [9.17, 15) is 17.6 Å². The minimum Gasteiger partial charge on any atom is -0.334 e. The van der Waals surface area contributed by atoms with Gasteiger partial charge in [0.15, 0.2) is 5.82 Å². The minimum absolute atomic E-state index is 0.0272. The highest BCUT2D eigenvalue weighted by atomic mass is 127. The predicted molar refractivity (Wildman–Crippen MR) is 112 cm³/mol. The number of halogens is 3. The highest BCUT2D eigenvalue weighted by Gasteiger charge is 2.40. The number of aryl methyl sites for hydroxylation is 1. The first-order valence-corrected chi connectivity index (χ1v) is 11.3. The van der Waals surface area contributed by atoms with E-state index in [1.807, 2.05) is 22.6 Å². The van der Waals surface area contributed by atoms with Crippen LogP contribution >= 0.6 is 22.6 Å². The summed E-state index contributed by atoms with van der Waals surface area (Å²) in [4.78, 5) is 17.2. The van der Waals surface area contributed by atoms with Crippen LogP contribution in [0.25, 0.3) is 27.8 Å². The summed E-state index contributed by atoms with van der Waals surface area (Å²) in [6, 6.07) is 5.48. The van der Waals surface area contributed by atoms with Gasteiger partial charge in [0.2, 0.25) is 10.0 Å². The molecule has 0 unspecified atom stereocenters. The molecule has 1 fully saturated rings. The first kappa shape index (κ1) is 18.7. The van der Waals surface area contributed by atoms with Crippen LogP contribution in [-0.2, 0) is 17.1 Å². The number of hydrogen-bond acceptors (Lipinski definition) is 4. The molecule has 0 spiro atoms. The molecular formula is C18H13F2IN4O3S. The minimum atomic E-state index is -4.05. The molecule has 11 heteroatoms. The van der Waals surface area contributed by atoms with Gasteiger partial charge in [0.05, 0.1) is 28.3 Å². The van der Waals surface area contributed by atoms with Crippen molar-refractivity contribution in [2.75, 3.05) is 0 Å². The number of hydrogen-bond donors (Lipinski definition) is 0.